The summed E-state index contributed by atoms with van der Waals surface area (Å²) in [5.41, 5.74) is 0.407. The molecule has 100 valence electrons. The fourth-order valence-corrected chi connectivity index (χ4v) is 3.17. The highest BCUT2D eigenvalue weighted by molar-refractivity contribution is 5.02. The summed E-state index contributed by atoms with van der Waals surface area (Å²) in [4.78, 5) is 2.72. The number of nitrogens with zero attached hydrogens (tertiary/aromatic N) is 1. The first-order valence-corrected chi connectivity index (χ1v) is 7.50. The molecule has 1 aliphatic heterocycles. The molecule has 2 aliphatic rings. The first kappa shape index (κ1) is 13.4. The third-order valence-electron chi connectivity index (χ3n) is 4.72. The lowest BCUT2D eigenvalue weighted by molar-refractivity contribution is 0.0887. The summed E-state index contributed by atoms with van der Waals surface area (Å²) in [7, 11) is 0. The Morgan fingerprint density at radius 2 is 1.94 bits per heavy atom. The lowest BCUT2D eigenvalue weighted by atomic mass is 9.91. The van der Waals surface area contributed by atoms with E-state index in [0.717, 1.165) is 17.9 Å². The molecule has 2 atom stereocenters. The van der Waals surface area contributed by atoms with Crippen LogP contribution in [0.5, 0.6) is 0 Å². The van der Waals surface area contributed by atoms with Crippen molar-refractivity contribution in [2.24, 2.45) is 11.8 Å². The minimum atomic E-state index is 0.407. The van der Waals surface area contributed by atoms with Gasteiger partial charge in [-0.1, -0.05) is 13.8 Å². The zero-order valence-corrected chi connectivity index (χ0v) is 12.1. The predicted octanol–water partition coefficient (Wildman–Crippen LogP) is 2.89. The maximum Gasteiger partial charge on any atom is 0.0309 e. The second-order valence-corrected chi connectivity index (χ2v) is 6.91. The summed E-state index contributed by atoms with van der Waals surface area (Å²) in [6, 6.07) is 0.762. The standard InChI is InChI=1S/C15H30N2/c1-12(2)5-6-13(3)17-10-9-16-15(4,11-17)14-7-8-14/h12-14,16H,5-11H2,1-4H3. The molecular weight excluding hydrogens is 208 g/mol. The lowest BCUT2D eigenvalue weighted by Gasteiger charge is -2.44. The summed E-state index contributed by atoms with van der Waals surface area (Å²) >= 11 is 0. The average molecular weight is 238 g/mol. The smallest absolute Gasteiger partial charge is 0.0309 e. The van der Waals surface area contributed by atoms with Gasteiger partial charge in [0.2, 0.25) is 0 Å². The van der Waals surface area contributed by atoms with Crippen LogP contribution in [0.3, 0.4) is 0 Å². The van der Waals surface area contributed by atoms with Crippen LogP contribution in [0.2, 0.25) is 0 Å². The van der Waals surface area contributed by atoms with Gasteiger partial charge in [-0.2, -0.15) is 0 Å². The molecule has 1 N–H and O–H groups in total. The Hall–Kier alpha value is -0.0800. The second-order valence-electron chi connectivity index (χ2n) is 6.91. The molecule has 17 heavy (non-hydrogen) atoms. The van der Waals surface area contributed by atoms with E-state index in [1.54, 1.807) is 0 Å². The number of nitrogens with one attached hydrogen (secondary N) is 1. The topological polar surface area (TPSA) is 15.3 Å². The number of piperazine rings is 1. The summed E-state index contributed by atoms with van der Waals surface area (Å²) in [6.07, 6.45) is 5.61. The third-order valence-corrected chi connectivity index (χ3v) is 4.72. The van der Waals surface area contributed by atoms with Crippen molar-refractivity contribution in [2.75, 3.05) is 19.6 Å². The van der Waals surface area contributed by atoms with Gasteiger partial charge in [-0.25, -0.2) is 0 Å². The van der Waals surface area contributed by atoms with Gasteiger partial charge in [0.05, 0.1) is 0 Å². The molecule has 1 heterocycles. The molecular formula is C15H30N2. The van der Waals surface area contributed by atoms with Crippen molar-refractivity contribution in [1.82, 2.24) is 10.2 Å². The minimum Gasteiger partial charge on any atom is -0.309 e. The zero-order valence-electron chi connectivity index (χ0n) is 12.1. The molecule has 0 radical (unpaired) electrons. The predicted molar refractivity (Wildman–Crippen MR) is 74.2 cm³/mol. The normalized spacial score (nSPS) is 33.0. The van der Waals surface area contributed by atoms with E-state index in [-0.39, 0.29) is 0 Å². The van der Waals surface area contributed by atoms with E-state index in [9.17, 15) is 0 Å². The van der Waals surface area contributed by atoms with Crippen molar-refractivity contribution in [2.45, 2.75) is 65.0 Å². The van der Waals surface area contributed by atoms with Gasteiger partial charge in [-0.3, -0.25) is 4.90 Å². The van der Waals surface area contributed by atoms with Crippen molar-refractivity contribution in [3.8, 4) is 0 Å². The minimum absolute atomic E-state index is 0.407. The maximum absolute atomic E-state index is 3.77. The Bertz CT molecular complexity index is 247. The van der Waals surface area contributed by atoms with Crippen molar-refractivity contribution in [3.05, 3.63) is 0 Å². The molecule has 0 spiro atoms. The Kier molecular flexibility index (Phi) is 4.14. The summed E-state index contributed by atoms with van der Waals surface area (Å²) < 4.78 is 0. The molecule has 0 amide bonds. The van der Waals surface area contributed by atoms with Gasteiger partial charge in [0.25, 0.3) is 0 Å². The number of rotatable bonds is 5. The van der Waals surface area contributed by atoms with Gasteiger partial charge in [0, 0.05) is 31.2 Å². The molecule has 2 heteroatoms. The van der Waals surface area contributed by atoms with Crippen LogP contribution in [0, 0.1) is 11.8 Å². The highest BCUT2D eigenvalue weighted by atomic mass is 15.2. The van der Waals surface area contributed by atoms with Crippen LogP contribution in [-0.2, 0) is 0 Å². The van der Waals surface area contributed by atoms with Gasteiger partial charge in [0.15, 0.2) is 0 Å². The van der Waals surface area contributed by atoms with Crippen LogP contribution >= 0.6 is 0 Å². The monoisotopic (exact) mass is 238 g/mol. The van der Waals surface area contributed by atoms with Crippen molar-refractivity contribution < 1.29 is 0 Å². The SMILES string of the molecule is CC(C)CCC(C)N1CCNC(C)(C2CC2)C1. The van der Waals surface area contributed by atoms with Gasteiger partial charge < -0.3 is 5.32 Å². The summed E-state index contributed by atoms with van der Waals surface area (Å²) in [6.45, 7) is 13.2. The first-order chi connectivity index (χ1) is 8.01. The molecule has 0 bridgehead atoms. The summed E-state index contributed by atoms with van der Waals surface area (Å²) in [5.74, 6) is 1.79. The van der Waals surface area contributed by atoms with Crippen LogP contribution in [0.1, 0.15) is 53.4 Å². The Morgan fingerprint density at radius 1 is 1.24 bits per heavy atom. The second kappa shape index (κ2) is 5.27. The van der Waals surface area contributed by atoms with E-state index in [4.69, 9.17) is 0 Å². The fraction of sp³-hybridized carbons (Fsp3) is 1.00. The Morgan fingerprint density at radius 3 is 2.53 bits per heavy atom. The van der Waals surface area contributed by atoms with E-state index >= 15 is 0 Å². The van der Waals surface area contributed by atoms with Gasteiger partial charge in [-0.05, 0) is 51.4 Å². The third kappa shape index (κ3) is 3.45. The molecule has 2 fully saturated rings. The van der Waals surface area contributed by atoms with Crippen LogP contribution < -0.4 is 5.32 Å². The van der Waals surface area contributed by atoms with Gasteiger partial charge in [-0.15, -0.1) is 0 Å². The Balaban J connectivity index is 1.83. The van der Waals surface area contributed by atoms with Gasteiger partial charge >= 0.3 is 0 Å². The zero-order chi connectivity index (χ0) is 12.5. The van der Waals surface area contributed by atoms with Crippen LogP contribution in [0.15, 0.2) is 0 Å². The van der Waals surface area contributed by atoms with E-state index in [1.165, 1.54) is 45.3 Å². The molecule has 2 nitrogen and oxygen atoms in total. The largest absolute Gasteiger partial charge is 0.309 e. The molecule has 0 aromatic rings. The molecule has 2 rings (SSSR count). The van der Waals surface area contributed by atoms with Gasteiger partial charge in [0.1, 0.15) is 0 Å². The highest BCUT2D eigenvalue weighted by Crippen LogP contribution is 2.41. The quantitative estimate of drug-likeness (QED) is 0.792. The lowest BCUT2D eigenvalue weighted by Crippen LogP contribution is -2.61. The maximum atomic E-state index is 3.77. The average Bonchev–Trinajstić information content (AvgIpc) is 3.09. The van der Waals surface area contributed by atoms with E-state index < -0.39 is 0 Å². The van der Waals surface area contributed by atoms with Crippen LogP contribution in [0.4, 0.5) is 0 Å². The Labute approximate surface area is 107 Å². The van der Waals surface area contributed by atoms with Crippen molar-refractivity contribution >= 4 is 0 Å². The molecule has 1 saturated heterocycles. The van der Waals surface area contributed by atoms with Crippen molar-refractivity contribution in [3.63, 3.8) is 0 Å². The molecule has 1 saturated carbocycles. The highest BCUT2D eigenvalue weighted by Gasteiger charge is 2.44. The molecule has 2 unspecified atom stereocenters. The number of hydrogen-bond donors (Lipinski definition) is 1. The van der Waals surface area contributed by atoms with Crippen LogP contribution in [0.25, 0.3) is 0 Å². The first-order valence-electron chi connectivity index (χ1n) is 7.50. The van der Waals surface area contributed by atoms with Crippen molar-refractivity contribution in [1.29, 1.82) is 0 Å². The van der Waals surface area contributed by atoms with E-state index in [2.05, 4.69) is 37.9 Å². The fourth-order valence-electron chi connectivity index (χ4n) is 3.17. The summed E-state index contributed by atoms with van der Waals surface area (Å²) in [5, 5.41) is 3.77. The molecule has 0 aromatic heterocycles. The number of hydrogen-bond acceptors (Lipinski definition) is 2. The van der Waals surface area contributed by atoms with Crippen LogP contribution in [-0.4, -0.2) is 36.1 Å². The molecule has 0 aromatic carbocycles. The van der Waals surface area contributed by atoms with E-state index in [0.29, 0.717) is 5.54 Å². The molecule has 1 aliphatic carbocycles. The van der Waals surface area contributed by atoms with E-state index in [1.807, 2.05) is 0 Å².